The van der Waals surface area contributed by atoms with Gasteiger partial charge in [0.05, 0.1) is 6.20 Å². The van der Waals surface area contributed by atoms with Gasteiger partial charge in [-0.15, -0.1) is 0 Å². The molecular weight excluding hydrogens is 227 g/mol. The number of pyridine rings is 1. The van der Waals surface area contributed by atoms with Crippen molar-refractivity contribution >= 4 is 6.09 Å². The van der Waals surface area contributed by atoms with E-state index in [-0.39, 0.29) is 6.10 Å². The van der Waals surface area contributed by atoms with Crippen LogP contribution >= 0.6 is 0 Å². The summed E-state index contributed by atoms with van der Waals surface area (Å²) in [6, 6.07) is 2.76. The van der Waals surface area contributed by atoms with Crippen molar-refractivity contribution in [3.63, 3.8) is 0 Å². The van der Waals surface area contributed by atoms with E-state index in [1.54, 1.807) is 0 Å². The lowest BCUT2D eigenvalue weighted by Gasteiger charge is -2.29. The number of piperidine rings is 1. The molecule has 0 saturated carbocycles. The quantitative estimate of drug-likeness (QED) is 0.855. The molecule has 5 nitrogen and oxygen atoms in total. The predicted molar refractivity (Wildman–Crippen MR) is 57.4 cm³/mol. The number of hydrogen-bond donors (Lipinski definition) is 1. The summed E-state index contributed by atoms with van der Waals surface area (Å²) in [6.07, 6.45) is 1.41. The van der Waals surface area contributed by atoms with Crippen LogP contribution in [0.25, 0.3) is 0 Å². The summed E-state index contributed by atoms with van der Waals surface area (Å²) < 4.78 is 18.2. The van der Waals surface area contributed by atoms with Gasteiger partial charge in [0.15, 0.2) is 0 Å². The third-order valence-electron chi connectivity index (χ3n) is 2.70. The third-order valence-corrected chi connectivity index (χ3v) is 2.70. The average Bonchev–Trinajstić information content (AvgIpc) is 2.33. The molecule has 17 heavy (non-hydrogen) atoms. The molecule has 2 heterocycles. The number of hydrogen-bond acceptors (Lipinski definition) is 3. The van der Waals surface area contributed by atoms with E-state index in [4.69, 9.17) is 9.84 Å². The molecule has 1 aliphatic heterocycles. The van der Waals surface area contributed by atoms with Gasteiger partial charge in [0.1, 0.15) is 11.9 Å². The maximum absolute atomic E-state index is 12.6. The zero-order valence-electron chi connectivity index (χ0n) is 9.17. The minimum atomic E-state index is -0.900. The molecule has 6 heteroatoms. The second-order valence-corrected chi connectivity index (χ2v) is 3.90. The fourth-order valence-corrected chi connectivity index (χ4v) is 1.77. The molecule has 2 rings (SSSR count). The monoisotopic (exact) mass is 240 g/mol. The summed E-state index contributed by atoms with van der Waals surface area (Å²) >= 11 is 0. The molecule has 0 atom stereocenters. The highest BCUT2D eigenvalue weighted by atomic mass is 19.1. The number of carbonyl (C=O) groups is 1. The van der Waals surface area contributed by atoms with Crippen LogP contribution in [-0.4, -0.2) is 40.3 Å². The number of nitrogens with zero attached hydrogens (tertiary/aromatic N) is 2. The van der Waals surface area contributed by atoms with Crippen LogP contribution in [0.4, 0.5) is 9.18 Å². The van der Waals surface area contributed by atoms with E-state index >= 15 is 0 Å². The number of likely N-dealkylation sites (tertiary alicyclic amines) is 1. The molecule has 0 bridgehead atoms. The Morgan fingerprint density at radius 2 is 2.18 bits per heavy atom. The Balaban J connectivity index is 1.85. The first-order valence-corrected chi connectivity index (χ1v) is 5.41. The molecular formula is C11H13FN2O3. The highest BCUT2D eigenvalue weighted by Gasteiger charge is 2.23. The van der Waals surface area contributed by atoms with E-state index in [1.165, 1.54) is 17.0 Å². The number of halogens is 1. The molecule has 1 aliphatic rings. The fourth-order valence-electron chi connectivity index (χ4n) is 1.77. The van der Waals surface area contributed by atoms with E-state index < -0.39 is 11.9 Å². The molecule has 0 spiro atoms. The van der Waals surface area contributed by atoms with Crippen LogP contribution in [0.5, 0.6) is 5.88 Å². The minimum Gasteiger partial charge on any atom is -0.474 e. The summed E-state index contributed by atoms with van der Waals surface area (Å²) in [5.41, 5.74) is 0. The van der Waals surface area contributed by atoms with Gasteiger partial charge in [-0.25, -0.2) is 14.2 Å². The van der Waals surface area contributed by atoms with Gasteiger partial charge in [0.2, 0.25) is 5.88 Å². The lowest BCUT2D eigenvalue weighted by atomic mass is 10.1. The van der Waals surface area contributed by atoms with Crippen molar-refractivity contribution in [3.8, 4) is 5.88 Å². The number of ether oxygens (including phenoxy) is 1. The molecule has 1 saturated heterocycles. The van der Waals surface area contributed by atoms with E-state index in [1.807, 2.05) is 0 Å². The molecule has 0 aliphatic carbocycles. The Morgan fingerprint density at radius 3 is 2.71 bits per heavy atom. The fraction of sp³-hybridized carbons (Fsp3) is 0.455. The van der Waals surface area contributed by atoms with Crippen LogP contribution in [0, 0.1) is 5.82 Å². The van der Waals surface area contributed by atoms with Gasteiger partial charge in [-0.3, -0.25) is 0 Å². The van der Waals surface area contributed by atoms with Gasteiger partial charge < -0.3 is 14.7 Å². The van der Waals surface area contributed by atoms with Gasteiger partial charge >= 0.3 is 6.09 Å². The Kier molecular flexibility index (Phi) is 3.41. The second-order valence-electron chi connectivity index (χ2n) is 3.90. The molecule has 1 amide bonds. The first-order valence-electron chi connectivity index (χ1n) is 5.41. The minimum absolute atomic E-state index is 0.0523. The molecule has 92 valence electrons. The Morgan fingerprint density at radius 1 is 1.47 bits per heavy atom. The SMILES string of the molecule is O=C(O)N1CCC(Oc2ccc(F)cn2)CC1. The van der Waals surface area contributed by atoms with Gasteiger partial charge in [0.25, 0.3) is 0 Å². The Bertz CT molecular complexity index is 388. The van der Waals surface area contributed by atoms with Crippen molar-refractivity contribution in [2.45, 2.75) is 18.9 Å². The number of amides is 1. The lowest BCUT2D eigenvalue weighted by Crippen LogP contribution is -2.41. The van der Waals surface area contributed by atoms with E-state index in [2.05, 4.69) is 4.98 Å². The van der Waals surface area contributed by atoms with Gasteiger partial charge in [-0.2, -0.15) is 0 Å². The number of carboxylic acid groups (broad SMARTS) is 1. The zero-order valence-corrected chi connectivity index (χ0v) is 9.17. The first-order chi connectivity index (χ1) is 8.15. The van der Waals surface area contributed by atoms with Crippen molar-refractivity contribution in [3.05, 3.63) is 24.1 Å². The molecule has 1 fully saturated rings. The van der Waals surface area contributed by atoms with Crippen LogP contribution in [-0.2, 0) is 0 Å². The summed E-state index contributed by atoms with van der Waals surface area (Å²) in [6.45, 7) is 0.919. The molecule has 1 N–H and O–H groups in total. The molecule has 1 aromatic rings. The van der Waals surface area contributed by atoms with Crippen LogP contribution in [0.3, 0.4) is 0 Å². The highest BCUT2D eigenvalue weighted by Crippen LogP contribution is 2.17. The van der Waals surface area contributed by atoms with Crippen LogP contribution < -0.4 is 4.74 Å². The average molecular weight is 240 g/mol. The standard InChI is InChI=1S/C11H13FN2O3/c12-8-1-2-10(13-7-8)17-9-3-5-14(6-4-9)11(15)16/h1-2,7,9H,3-6H2,(H,15,16). The van der Waals surface area contributed by atoms with E-state index in [0.717, 1.165) is 6.20 Å². The Labute approximate surface area is 97.8 Å². The largest absolute Gasteiger partial charge is 0.474 e. The lowest BCUT2D eigenvalue weighted by molar-refractivity contribution is 0.0870. The van der Waals surface area contributed by atoms with Crippen molar-refractivity contribution in [1.29, 1.82) is 0 Å². The van der Waals surface area contributed by atoms with Crippen molar-refractivity contribution < 1.29 is 19.0 Å². The van der Waals surface area contributed by atoms with Crippen molar-refractivity contribution in [1.82, 2.24) is 9.88 Å². The van der Waals surface area contributed by atoms with Gasteiger partial charge in [0, 0.05) is 32.0 Å². The number of rotatable bonds is 2. The normalized spacial score (nSPS) is 16.9. The van der Waals surface area contributed by atoms with Crippen LogP contribution in [0.1, 0.15) is 12.8 Å². The maximum Gasteiger partial charge on any atom is 0.407 e. The summed E-state index contributed by atoms with van der Waals surface area (Å²) in [5.74, 6) is -0.0294. The van der Waals surface area contributed by atoms with Crippen LogP contribution in [0.15, 0.2) is 18.3 Å². The predicted octanol–water partition coefficient (Wildman–Crippen LogP) is 1.74. The topological polar surface area (TPSA) is 62.7 Å². The maximum atomic E-state index is 12.6. The molecule has 0 radical (unpaired) electrons. The van der Waals surface area contributed by atoms with Crippen molar-refractivity contribution in [2.24, 2.45) is 0 Å². The zero-order chi connectivity index (χ0) is 12.3. The first kappa shape index (κ1) is 11.6. The van der Waals surface area contributed by atoms with E-state index in [0.29, 0.717) is 31.8 Å². The van der Waals surface area contributed by atoms with Crippen LogP contribution in [0.2, 0.25) is 0 Å². The second kappa shape index (κ2) is 4.99. The van der Waals surface area contributed by atoms with Crippen molar-refractivity contribution in [2.75, 3.05) is 13.1 Å². The molecule has 1 aromatic heterocycles. The third kappa shape index (κ3) is 3.05. The van der Waals surface area contributed by atoms with Gasteiger partial charge in [-0.05, 0) is 6.07 Å². The highest BCUT2D eigenvalue weighted by molar-refractivity contribution is 5.65. The summed E-state index contributed by atoms with van der Waals surface area (Å²) in [5, 5.41) is 8.78. The summed E-state index contributed by atoms with van der Waals surface area (Å²) in [4.78, 5) is 15.8. The Hall–Kier alpha value is -1.85. The smallest absolute Gasteiger partial charge is 0.407 e. The van der Waals surface area contributed by atoms with Gasteiger partial charge in [-0.1, -0.05) is 0 Å². The number of aromatic nitrogens is 1. The van der Waals surface area contributed by atoms with E-state index in [9.17, 15) is 9.18 Å². The molecule has 0 unspecified atom stereocenters. The molecule has 0 aromatic carbocycles. The summed E-state index contributed by atoms with van der Waals surface area (Å²) in [7, 11) is 0.